The summed E-state index contributed by atoms with van der Waals surface area (Å²) < 4.78 is 13.5. The van der Waals surface area contributed by atoms with Crippen LogP contribution in [0.25, 0.3) is 0 Å². The average molecular weight is 394 g/mol. The summed E-state index contributed by atoms with van der Waals surface area (Å²) in [7, 11) is 0. The summed E-state index contributed by atoms with van der Waals surface area (Å²) in [5, 5.41) is 2.72. The van der Waals surface area contributed by atoms with Gasteiger partial charge in [0.15, 0.2) is 0 Å². The lowest BCUT2D eigenvalue weighted by Gasteiger charge is -2.20. The van der Waals surface area contributed by atoms with E-state index in [2.05, 4.69) is 26.2 Å². The Bertz CT molecular complexity index is 722. The number of aromatic nitrogens is 1. The molecule has 1 heterocycles. The van der Waals surface area contributed by atoms with Gasteiger partial charge in [-0.25, -0.2) is 4.39 Å². The minimum atomic E-state index is -0.324. The number of likely N-dealkylation sites (N-methyl/N-ethyl adjacent to an activating group) is 1. The van der Waals surface area contributed by atoms with Crippen LogP contribution in [0, 0.1) is 5.82 Å². The van der Waals surface area contributed by atoms with Crippen LogP contribution in [-0.4, -0.2) is 34.8 Å². The normalized spacial score (nSPS) is 10.3. The Hall–Kier alpha value is -2.28. The van der Waals surface area contributed by atoms with Gasteiger partial charge in [0.25, 0.3) is 5.91 Å². The van der Waals surface area contributed by atoms with Crippen LogP contribution in [-0.2, 0) is 11.3 Å². The van der Waals surface area contributed by atoms with Crippen molar-refractivity contribution in [2.45, 2.75) is 13.5 Å². The molecule has 0 spiro atoms. The minimum Gasteiger partial charge on any atom is -0.350 e. The Morgan fingerprint density at radius 2 is 1.96 bits per heavy atom. The van der Waals surface area contributed by atoms with Crippen LogP contribution in [0.4, 0.5) is 4.39 Å². The fourth-order valence-electron chi connectivity index (χ4n) is 2.07. The second kappa shape index (κ2) is 8.54. The van der Waals surface area contributed by atoms with Gasteiger partial charge in [0.2, 0.25) is 5.91 Å². The fraction of sp³-hybridized carbons (Fsp3) is 0.235. The van der Waals surface area contributed by atoms with Crippen molar-refractivity contribution in [1.82, 2.24) is 15.2 Å². The molecule has 2 aromatic rings. The Morgan fingerprint density at radius 3 is 2.58 bits per heavy atom. The lowest BCUT2D eigenvalue weighted by molar-refractivity contribution is -0.121. The van der Waals surface area contributed by atoms with Crippen molar-refractivity contribution >= 4 is 27.7 Å². The number of rotatable bonds is 6. The van der Waals surface area contributed by atoms with E-state index in [-0.39, 0.29) is 30.7 Å². The number of carbonyl (C=O) groups excluding carboxylic acids is 2. The molecule has 0 aliphatic carbocycles. The number of nitrogens with zero attached hydrogens (tertiary/aromatic N) is 2. The molecule has 2 rings (SSSR count). The number of nitrogens with one attached hydrogen (secondary N) is 1. The highest BCUT2D eigenvalue weighted by Gasteiger charge is 2.17. The van der Waals surface area contributed by atoms with Crippen molar-refractivity contribution in [2.75, 3.05) is 13.1 Å². The number of amides is 2. The largest absolute Gasteiger partial charge is 0.350 e. The van der Waals surface area contributed by atoms with Gasteiger partial charge in [-0.3, -0.25) is 14.6 Å². The van der Waals surface area contributed by atoms with Crippen molar-refractivity contribution in [2.24, 2.45) is 0 Å². The zero-order chi connectivity index (χ0) is 17.5. The number of pyridine rings is 1. The molecule has 0 bridgehead atoms. The highest BCUT2D eigenvalue weighted by molar-refractivity contribution is 9.10. The molecule has 0 fully saturated rings. The first kappa shape index (κ1) is 18.1. The van der Waals surface area contributed by atoms with E-state index in [0.29, 0.717) is 16.6 Å². The molecule has 0 unspecified atom stereocenters. The molecule has 0 atom stereocenters. The fourth-order valence-corrected chi connectivity index (χ4v) is 2.44. The molecule has 1 N–H and O–H groups in total. The van der Waals surface area contributed by atoms with Crippen LogP contribution in [0.2, 0.25) is 0 Å². The van der Waals surface area contributed by atoms with Gasteiger partial charge in [-0.1, -0.05) is 12.1 Å². The van der Waals surface area contributed by atoms with Crippen LogP contribution in [0.15, 0.2) is 47.2 Å². The van der Waals surface area contributed by atoms with Crippen molar-refractivity contribution in [3.63, 3.8) is 0 Å². The standard InChI is InChI=1S/C17H17BrFN3O2/c1-2-22(17(24)13-7-14(18)10-20-9-13)11-16(23)21-8-12-3-5-15(19)6-4-12/h3-7,9-10H,2,8,11H2,1H3,(H,21,23). The zero-order valence-corrected chi connectivity index (χ0v) is 14.7. The second-order valence-corrected chi connectivity index (χ2v) is 6.03. The summed E-state index contributed by atoms with van der Waals surface area (Å²) in [5.41, 5.74) is 1.20. The Balaban J connectivity index is 1.92. The first-order chi connectivity index (χ1) is 11.5. The molecular weight excluding hydrogens is 377 g/mol. The number of carbonyl (C=O) groups is 2. The Labute approximate surface area is 148 Å². The summed E-state index contributed by atoms with van der Waals surface area (Å²) in [6, 6.07) is 7.54. The van der Waals surface area contributed by atoms with Gasteiger partial charge in [0, 0.05) is 30.0 Å². The van der Waals surface area contributed by atoms with E-state index in [9.17, 15) is 14.0 Å². The summed E-state index contributed by atoms with van der Waals surface area (Å²) >= 11 is 3.27. The molecular formula is C17H17BrFN3O2. The van der Waals surface area contributed by atoms with E-state index in [1.807, 2.05) is 0 Å². The molecule has 0 radical (unpaired) electrons. The Morgan fingerprint density at radius 1 is 1.25 bits per heavy atom. The number of hydrogen-bond donors (Lipinski definition) is 1. The molecule has 7 heteroatoms. The van der Waals surface area contributed by atoms with Crippen LogP contribution in [0.5, 0.6) is 0 Å². The molecule has 1 aromatic carbocycles. The van der Waals surface area contributed by atoms with Gasteiger partial charge in [-0.15, -0.1) is 0 Å². The molecule has 1 aromatic heterocycles. The van der Waals surface area contributed by atoms with Crippen molar-refractivity contribution in [3.05, 3.63) is 64.1 Å². The highest BCUT2D eigenvalue weighted by Crippen LogP contribution is 2.11. The van der Waals surface area contributed by atoms with E-state index >= 15 is 0 Å². The van der Waals surface area contributed by atoms with Gasteiger partial charge in [0.1, 0.15) is 5.82 Å². The average Bonchev–Trinajstić information content (AvgIpc) is 2.58. The van der Waals surface area contributed by atoms with E-state index in [0.717, 1.165) is 5.56 Å². The molecule has 126 valence electrons. The van der Waals surface area contributed by atoms with Crippen molar-refractivity contribution < 1.29 is 14.0 Å². The van der Waals surface area contributed by atoms with E-state index in [4.69, 9.17) is 0 Å². The summed E-state index contributed by atoms with van der Waals surface area (Å²) in [6.07, 6.45) is 3.05. The van der Waals surface area contributed by atoms with Crippen LogP contribution in [0.1, 0.15) is 22.8 Å². The zero-order valence-electron chi connectivity index (χ0n) is 13.1. The summed E-state index contributed by atoms with van der Waals surface area (Å²) in [4.78, 5) is 29.9. The molecule has 0 saturated heterocycles. The maximum Gasteiger partial charge on any atom is 0.255 e. The predicted molar refractivity (Wildman–Crippen MR) is 91.8 cm³/mol. The van der Waals surface area contributed by atoms with Gasteiger partial charge < -0.3 is 10.2 Å². The summed E-state index contributed by atoms with van der Waals surface area (Å²) in [5.74, 6) is -0.865. The minimum absolute atomic E-state index is 0.0525. The van der Waals surface area contributed by atoms with E-state index < -0.39 is 0 Å². The molecule has 24 heavy (non-hydrogen) atoms. The quantitative estimate of drug-likeness (QED) is 0.820. The van der Waals surface area contributed by atoms with E-state index in [1.54, 1.807) is 31.3 Å². The molecule has 0 saturated carbocycles. The van der Waals surface area contributed by atoms with E-state index in [1.165, 1.54) is 23.2 Å². The molecule has 2 amide bonds. The maximum absolute atomic E-state index is 12.8. The predicted octanol–water partition coefficient (Wildman–Crippen LogP) is 2.76. The molecule has 0 aliphatic rings. The highest BCUT2D eigenvalue weighted by atomic mass is 79.9. The third kappa shape index (κ3) is 5.13. The van der Waals surface area contributed by atoms with Crippen molar-refractivity contribution in [1.29, 1.82) is 0 Å². The third-order valence-electron chi connectivity index (χ3n) is 3.36. The lowest BCUT2D eigenvalue weighted by Crippen LogP contribution is -2.40. The van der Waals surface area contributed by atoms with Gasteiger partial charge in [-0.2, -0.15) is 0 Å². The third-order valence-corrected chi connectivity index (χ3v) is 3.79. The maximum atomic E-state index is 12.8. The SMILES string of the molecule is CCN(CC(=O)NCc1ccc(F)cc1)C(=O)c1cncc(Br)c1. The number of hydrogen-bond acceptors (Lipinski definition) is 3. The Kier molecular flexibility index (Phi) is 6.43. The van der Waals surface area contributed by atoms with Crippen LogP contribution < -0.4 is 5.32 Å². The van der Waals surface area contributed by atoms with Crippen LogP contribution >= 0.6 is 15.9 Å². The van der Waals surface area contributed by atoms with Gasteiger partial charge >= 0.3 is 0 Å². The molecule has 5 nitrogen and oxygen atoms in total. The van der Waals surface area contributed by atoms with Gasteiger partial charge in [0.05, 0.1) is 12.1 Å². The number of benzene rings is 1. The monoisotopic (exact) mass is 393 g/mol. The lowest BCUT2D eigenvalue weighted by atomic mass is 10.2. The molecule has 0 aliphatic heterocycles. The first-order valence-corrected chi connectivity index (χ1v) is 8.20. The smallest absolute Gasteiger partial charge is 0.255 e. The number of halogens is 2. The first-order valence-electron chi connectivity index (χ1n) is 7.40. The van der Waals surface area contributed by atoms with Crippen LogP contribution in [0.3, 0.4) is 0 Å². The second-order valence-electron chi connectivity index (χ2n) is 5.11. The summed E-state index contributed by atoms with van der Waals surface area (Å²) in [6.45, 7) is 2.43. The topological polar surface area (TPSA) is 62.3 Å². The van der Waals surface area contributed by atoms with Gasteiger partial charge in [-0.05, 0) is 46.6 Å². The van der Waals surface area contributed by atoms with Crippen molar-refractivity contribution in [3.8, 4) is 0 Å².